The molecule has 0 fully saturated rings. The molecule has 138 valence electrons. The zero-order valence-electron chi connectivity index (χ0n) is 16.0. The molecule has 0 radical (unpaired) electrons. The third-order valence-electron chi connectivity index (χ3n) is 5.44. The van der Waals surface area contributed by atoms with E-state index in [9.17, 15) is 9.59 Å². The van der Waals surface area contributed by atoms with E-state index in [1.165, 1.54) is 11.1 Å². The van der Waals surface area contributed by atoms with Crippen LogP contribution in [0.1, 0.15) is 82.8 Å². The van der Waals surface area contributed by atoms with Gasteiger partial charge >= 0.3 is 5.97 Å². The number of aromatic nitrogens is 1. The lowest BCUT2D eigenvalue weighted by Crippen LogP contribution is -2.18. The summed E-state index contributed by atoms with van der Waals surface area (Å²) in [6.45, 7) is 7.81. The monoisotopic (exact) mass is 353 g/mol. The fraction of sp³-hybridized carbons (Fsp3) is 0.455. The van der Waals surface area contributed by atoms with Crippen molar-refractivity contribution >= 4 is 11.8 Å². The number of nitrogens with one attached hydrogen (secondary N) is 1. The molecule has 0 spiro atoms. The largest absolute Gasteiger partial charge is 0.458 e. The predicted molar refractivity (Wildman–Crippen MR) is 102 cm³/mol. The van der Waals surface area contributed by atoms with Crippen molar-refractivity contribution in [2.45, 2.75) is 65.4 Å². The van der Waals surface area contributed by atoms with E-state index in [2.05, 4.69) is 36.2 Å². The van der Waals surface area contributed by atoms with E-state index in [0.29, 0.717) is 17.7 Å². The lowest BCUT2D eigenvalue weighted by atomic mass is 9.81. The van der Waals surface area contributed by atoms with Gasteiger partial charge in [-0.1, -0.05) is 38.1 Å². The molecule has 2 atom stereocenters. The summed E-state index contributed by atoms with van der Waals surface area (Å²) in [5, 5.41) is 0. The number of aryl methyl sites for hydroxylation is 1. The smallest absolute Gasteiger partial charge is 0.355 e. The summed E-state index contributed by atoms with van der Waals surface area (Å²) in [5.74, 6) is -0.118. The molecule has 2 aromatic rings. The number of aromatic amines is 1. The first-order chi connectivity index (χ1) is 12.4. The minimum absolute atomic E-state index is 0.104. The number of fused-ring (bicyclic) bond motifs is 1. The highest BCUT2D eigenvalue weighted by atomic mass is 16.5. The SMILES string of the molecule is CCc1ccc([C@@H]2CC(=O)c3c([nH]c(C(=O)O[C@H](C)CC)c3C)C2)cc1. The molecule has 0 unspecified atom stereocenters. The van der Waals surface area contributed by atoms with Gasteiger partial charge in [-0.25, -0.2) is 4.79 Å². The number of esters is 1. The van der Waals surface area contributed by atoms with E-state index in [1.54, 1.807) is 0 Å². The number of hydrogen-bond donors (Lipinski definition) is 1. The van der Waals surface area contributed by atoms with Crippen LogP contribution in [0.5, 0.6) is 0 Å². The second-order valence-corrected chi connectivity index (χ2v) is 7.23. The van der Waals surface area contributed by atoms with Crippen molar-refractivity contribution in [1.82, 2.24) is 4.98 Å². The topological polar surface area (TPSA) is 59.2 Å². The van der Waals surface area contributed by atoms with E-state index in [-0.39, 0.29) is 23.8 Å². The molecular weight excluding hydrogens is 326 g/mol. The Morgan fingerprint density at radius 2 is 1.92 bits per heavy atom. The maximum absolute atomic E-state index is 12.8. The van der Waals surface area contributed by atoms with Gasteiger partial charge in [0.05, 0.1) is 6.10 Å². The molecule has 26 heavy (non-hydrogen) atoms. The van der Waals surface area contributed by atoms with Crippen molar-refractivity contribution in [3.63, 3.8) is 0 Å². The normalized spacial score (nSPS) is 17.7. The van der Waals surface area contributed by atoms with Crippen molar-refractivity contribution in [1.29, 1.82) is 0 Å². The summed E-state index contributed by atoms with van der Waals surface area (Å²) >= 11 is 0. The van der Waals surface area contributed by atoms with Crippen LogP contribution in [-0.4, -0.2) is 22.8 Å². The zero-order chi connectivity index (χ0) is 18.8. The molecule has 0 amide bonds. The summed E-state index contributed by atoms with van der Waals surface area (Å²) in [7, 11) is 0. The number of carbonyl (C=O) groups excluding carboxylic acids is 2. The van der Waals surface area contributed by atoms with Crippen molar-refractivity contribution < 1.29 is 14.3 Å². The van der Waals surface area contributed by atoms with Gasteiger partial charge in [-0.05, 0) is 55.7 Å². The van der Waals surface area contributed by atoms with Gasteiger partial charge in [0, 0.05) is 17.7 Å². The van der Waals surface area contributed by atoms with Crippen LogP contribution in [-0.2, 0) is 17.6 Å². The highest BCUT2D eigenvalue weighted by Crippen LogP contribution is 2.35. The highest BCUT2D eigenvalue weighted by Gasteiger charge is 2.32. The third-order valence-corrected chi connectivity index (χ3v) is 5.44. The van der Waals surface area contributed by atoms with E-state index in [0.717, 1.165) is 30.5 Å². The van der Waals surface area contributed by atoms with Gasteiger partial charge < -0.3 is 9.72 Å². The van der Waals surface area contributed by atoms with Gasteiger partial charge in [-0.3, -0.25) is 4.79 Å². The Labute approximate surface area is 155 Å². The molecular formula is C22H27NO3. The van der Waals surface area contributed by atoms with Crippen molar-refractivity contribution in [2.24, 2.45) is 0 Å². The number of carbonyl (C=O) groups is 2. The Kier molecular flexibility index (Phi) is 5.30. The Bertz CT molecular complexity index is 817. The molecule has 1 aromatic carbocycles. The van der Waals surface area contributed by atoms with E-state index in [4.69, 9.17) is 4.74 Å². The minimum Gasteiger partial charge on any atom is -0.458 e. The first-order valence-electron chi connectivity index (χ1n) is 9.49. The summed E-state index contributed by atoms with van der Waals surface area (Å²) in [5.41, 5.74) is 5.16. The number of benzene rings is 1. The van der Waals surface area contributed by atoms with Gasteiger partial charge in [0.15, 0.2) is 5.78 Å². The molecule has 0 aliphatic heterocycles. The fourth-order valence-electron chi connectivity index (χ4n) is 3.62. The first-order valence-corrected chi connectivity index (χ1v) is 9.49. The van der Waals surface area contributed by atoms with E-state index >= 15 is 0 Å². The average molecular weight is 353 g/mol. The summed E-state index contributed by atoms with van der Waals surface area (Å²) in [6.07, 6.45) is 2.86. The van der Waals surface area contributed by atoms with Crippen molar-refractivity contribution in [2.75, 3.05) is 0 Å². The Morgan fingerprint density at radius 3 is 2.54 bits per heavy atom. The van der Waals surface area contributed by atoms with Gasteiger partial charge in [0.2, 0.25) is 0 Å². The lowest BCUT2D eigenvalue weighted by molar-refractivity contribution is 0.0327. The Hall–Kier alpha value is -2.36. The number of ether oxygens (including phenoxy) is 1. The zero-order valence-corrected chi connectivity index (χ0v) is 16.0. The maximum atomic E-state index is 12.8. The van der Waals surface area contributed by atoms with Crippen LogP contribution in [0.2, 0.25) is 0 Å². The Balaban J connectivity index is 1.87. The highest BCUT2D eigenvalue weighted by molar-refractivity contribution is 6.03. The molecule has 0 saturated carbocycles. The molecule has 4 nitrogen and oxygen atoms in total. The molecule has 0 bridgehead atoms. The van der Waals surface area contributed by atoms with Crippen LogP contribution < -0.4 is 0 Å². The molecule has 1 aromatic heterocycles. The molecule has 1 aliphatic carbocycles. The summed E-state index contributed by atoms with van der Waals surface area (Å²) in [4.78, 5) is 28.4. The van der Waals surface area contributed by atoms with Crippen LogP contribution in [0.25, 0.3) is 0 Å². The minimum atomic E-state index is -0.372. The second-order valence-electron chi connectivity index (χ2n) is 7.23. The first kappa shape index (κ1) is 18.4. The second kappa shape index (κ2) is 7.48. The van der Waals surface area contributed by atoms with Crippen LogP contribution in [0.15, 0.2) is 24.3 Å². The van der Waals surface area contributed by atoms with Crippen LogP contribution in [0, 0.1) is 6.92 Å². The van der Waals surface area contributed by atoms with Gasteiger partial charge in [0.25, 0.3) is 0 Å². The molecule has 3 rings (SSSR count). The molecule has 1 N–H and O–H groups in total. The fourth-order valence-corrected chi connectivity index (χ4v) is 3.62. The van der Waals surface area contributed by atoms with Crippen molar-refractivity contribution in [3.05, 3.63) is 57.9 Å². The maximum Gasteiger partial charge on any atom is 0.355 e. The number of rotatable bonds is 5. The predicted octanol–water partition coefficient (Wildman–Crippen LogP) is 4.75. The van der Waals surface area contributed by atoms with Crippen LogP contribution in [0.3, 0.4) is 0 Å². The number of ketones is 1. The molecule has 1 heterocycles. The quantitative estimate of drug-likeness (QED) is 0.789. The van der Waals surface area contributed by atoms with E-state index < -0.39 is 0 Å². The van der Waals surface area contributed by atoms with Crippen molar-refractivity contribution in [3.8, 4) is 0 Å². The van der Waals surface area contributed by atoms with Gasteiger partial charge in [0.1, 0.15) is 5.69 Å². The Morgan fingerprint density at radius 1 is 1.23 bits per heavy atom. The van der Waals surface area contributed by atoms with E-state index in [1.807, 2.05) is 20.8 Å². The molecule has 0 saturated heterocycles. The molecule has 4 heteroatoms. The summed E-state index contributed by atoms with van der Waals surface area (Å²) < 4.78 is 5.43. The number of Topliss-reactive ketones (excluding diaryl/α,β-unsaturated/α-hetero) is 1. The standard InChI is InChI=1S/C22H27NO3/c1-5-13(3)26-22(25)21-14(4)20-18(23-21)11-17(12-19(20)24)16-9-7-15(6-2)8-10-16/h7-10,13,17,23H,5-6,11-12H2,1-4H3/t13-,17+/m1/s1. The van der Waals surface area contributed by atoms with Gasteiger partial charge in [-0.2, -0.15) is 0 Å². The lowest BCUT2D eigenvalue weighted by Gasteiger charge is -2.22. The molecule has 1 aliphatic rings. The van der Waals surface area contributed by atoms with Crippen LogP contribution in [0.4, 0.5) is 0 Å². The number of H-pyrrole nitrogens is 1. The average Bonchev–Trinajstić information content (AvgIpc) is 2.98. The summed E-state index contributed by atoms with van der Waals surface area (Å²) in [6, 6.07) is 8.50. The third kappa shape index (κ3) is 3.46. The number of hydrogen-bond acceptors (Lipinski definition) is 3. The van der Waals surface area contributed by atoms with Crippen LogP contribution >= 0.6 is 0 Å². The van der Waals surface area contributed by atoms with Gasteiger partial charge in [-0.15, -0.1) is 0 Å².